The van der Waals surface area contributed by atoms with Crippen molar-refractivity contribution in [1.29, 1.82) is 0 Å². The average Bonchev–Trinajstić information content (AvgIpc) is 2.34. The van der Waals surface area contributed by atoms with Crippen molar-refractivity contribution in [2.75, 3.05) is 0 Å². The molecule has 0 saturated heterocycles. The Morgan fingerprint density at radius 2 is 1.76 bits per heavy atom. The highest BCUT2D eigenvalue weighted by molar-refractivity contribution is 6.31. The first-order valence-electron chi connectivity index (χ1n) is 6.40. The average molecular weight is 251 g/mol. The molecule has 0 atom stereocenters. The first kappa shape index (κ1) is 12.6. The van der Waals surface area contributed by atoms with Gasteiger partial charge < -0.3 is 0 Å². The molecule has 17 heavy (non-hydrogen) atoms. The Balaban J connectivity index is 2.26. The van der Waals surface area contributed by atoms with Gasteiger partial charge in [-0.2, -0.15) is 0 Å². The van der Waals surface area contributed by atoms with Gasteiger partial charge in [-0.1, -0.05) is 36.9 Å². The van der Waals surface area contributed by atoms with Gasteiger partial charge in [-0.3, -0.25) is 4.79 Å². The number of rotatable bonds is 2. The maximum absolute atomic E-state index is 12.4. The van der Waals surface area contributed by atoms with Crippen LogP contribution in [-0.4, -0.2) is 5.78 Å². The van der Waals surface area contributed by atoms with Crippen molar-refractivity contribution >= 4 is 17.4 Å². The lowest BCUT2D eigenvalue weighted by Gasteiger charge is -2.21. The number of carbonyl (C=O) groups is 1. The van der Waals surface area contributed by atoms with Crippen molar-refractivity contribution in [3.63, 3.8) is 0 Å². The summed E-state index contributed by atoms with van der Waals surface area (Å²) in [5.41, 5.74) is 2.93. The quantitative estimate of drug-likeness (QED) is 0.694. The van der Waals surface area contributed by atoms with E-state index >= 15 is 0 Å². The summed E-state index contributed by atoms with van der Waals surface area (Å²) in [7, 11) is 0. The summed E-state index contributed by atoms with van der Waals surface area (Å²) in [6, 6.07) is 3.86. The number of hydrogen-bond donors (Lipinski definition) is 0. The summed E-state index contributed by atoms with van der Waals surface area (Å²) >= 11 is 6.12. The minimum Gasteiger partial charge on any atom is -0.294 e. The summed E-state index contributed by atoms with van der Waals surface area (Å²) in [6.07, 6.45) is 5.75. The lowest BCUT2D eigenvalue weighted by atomic mass is 9.83. The molecular weight excluding hydrogens is 232 g/mol. The van der Waals surface area contributed by atoms with Crippen molar-refractivity contribution in [1.82, 2.24) is 0 Å². The molecule has 0 radical (unpaired) electrons. The number of halogens is 1. The van der Waals surface area contributed by atoms with Crippen molar-refractivity contribution in [3.8, 4) is 0 Å². The zero-order valence-corrected chi connectivity index (χ0v) is 11.3. The highest BCUT2D eigenvalue weighted by Crippen LogP contribution is 2.29. The zero-order chi connectivity index (χ0) is 12.4. The molecule has 1 aliphatic rings. The lowest BCUT2D eigenvalue weighted by Crippen LogP contribution is -2.18. The third-order valence-electron chi connectivity index (χ3n) is 3.75. The first-order chi connectivity index (χ1) is 8.09. The highest BCUT2D eigenvalue weighted by atomic mass is 35.5. The first-order valence-corrected chi connectivity index (χ1v) is 6.78. The number of Topliss-reactive ketones (excluding diaryl/α,β-unsaturated/α-hetero) is 1. The molecule has 1 fully saturated rings. The fraction of sp³-hybridized carbons (Fsp3) is 0.533. The maximum Gasteiger partial charge on any atom is 0.166 e. The second kappa shape index (κ2) is 5.22. The molecule has 1 nitrogen and oxygen atoms in total. The number of benzene rings is 1. The fourth-order valence-electron chi connectivity index (χ4n) is 2.68. The van der Waals surface area contributed by atoms with Crippen LogP contribution in [0.3, 0.4) is 0 Å². The molecule has 1 saturated carbocycles. The van der Waals surface area contributed by atoms with Crippen LogP contribution in [0.2, 0.25) is 5.02 Å². The highest BCUT2D eigenvalue weighted by Gasteiger charge is 2.23. The molecule has 0 aliphatic heterocycles. The van der Waals surface area contributed by atoms with Crippen LogP contribution in [0, 0.1) is 19.8 Å². The molecule has 2 rings (SSSR count). The van der Waals surface area contributed by atoms with Gasteiger partial charge in [0.1, 0.15) is 0 Å². The van der Waals surface area contributed by atoms with Gasteiger partial charge in [0.15, 0.2) is 5.78 Å². The smallest absolute Gasteiger partial charge is 0.166 e. The van der Waals surface area contributed by atoms with Gasteiger partial charge in [0.2, 0.25) is 0 Å². The monoisotopic (exact) mass is 250 g/mol. The standard InChI is InChI=1S/C15H19ClO/c1-10-8-11(2)14(16)9-13(10)15(17)12-6-4-3-5-7-12/h8-9,12H,3-7H2,1-2H3. The van der Waals surface area contributed by atoms with Crippen LogP contribution in [0.4, 0.5) is 0 Å². The van der Waals surface area contributed by atoms with Crippen LogP contribution in [0.15, 0.2) is 12.1 Å². The van der Waals surface area contributed by atoms with E-state index in [0.717, 1.165) is 29.5 Å². The van der Waals surface area contributed by atoms with Crippen molar-refractivity contribution < 1.29 is 4.79 Å². The summed E-state index contributed by atoms with van der Waals surface area (Å²) in [4.78, 5) is 12.4. The molecule has 0 bridgehead atoms. The van der Waals surface area contributed by atoms with Crippen molar-refractivity contribution in [3.05, 3.63) is 33.8 Å². The van der Waals surface area contributed by atoms with Crippen LogP contribution in [0.25, 0.3) is 0 Å². The van der Waals surface area contributed by atoms with E-state index in [1.165, 1.54) is 19.3 Å². The molecule has 92 valence electrons. The van der Waals surface area contributed by atoms with Gasteiger partial charge in [-0.25, -0.2) is 0 Å². The third-order valence-corrected chi connectivity index (χ3v) is 4.15. The predicted octanol–water partition coefficient (Wildman–Crippen LogP) is 4.72. The molecule has 1 aromatic carbocycles. The van der Waals surface area contributed by atoms with Crippen LogP contribution >= 0.6 is 11.6 Å². The molecule has 0 aromatic heterocycles. The molecule has 0 unspecified atom stereocenters. The largest absolute Gasteiger partial charge is 0.294 e. The summed E-state index contributed by atoms with van der Waals surface area (Å²) in [6.45, 7) is 3.98. The maximum atomic E-state index is 12.4. The van der Waals surface area contributed by atoms with E-state index in [1.54, 1.807) is 0 Å². The predicted molar refractivity (Wildman–Crippen MR) is 71.8 cm³/mol. The number of ketones is 1. The second-order valence-electron chi connectivity index (χ2n) is 5.12. The summed E-state index contributed by atoms with van der Waals surface area (Å²) in [5.74, 6) is 0.519. The van der Waals surface area contributed by atoms with Gasteiger partial charge in [0.05, 0.1) is 0 Å². The van der Waals surface area contributed by atoms with E-state index in [2.05, 4.69) is 0 Å². The van der Waals surface area contributed by atoms with E-state index < -0.39 is 0 Å². The Morgan fingerprint density at radius 3 is 2.41 bits per heavy atom. The molecular formula is C15H19ClO. The summed E-state index contributed by atoms with van der Waals surface area (Å²) in [5, 5.41) is 0.703. The Morgan fingerprint density at radius 1 is 1.12 bits per heavy atom. The van der Waals surface area contributed by atoms with Gasteiger partial charge >= 0.3 is 0 Å². The van der Waals surface area contributed by atoms with Crippen LogP contribution in [0.5, 0.6) is 0 Å². The normalized spacial score (nSPS) is 17.1. The van der Waals surface area contributed by atoms with E-state index in [0.29, 0.717) is 10.8 Å². The Labute approximate surface area is 108 Å². The Bertz CT molecular complexity index is 431. The third kappa shape index (κ3) is 2.71. The molecule has 0 amide bonds. The van der Waals surface area contributed by atoms with Gasteiger partial charge in [-0.15, -0.1) is 0 Å². The molecule has 1 aromatic rings. The van der Waals surface area contributed by atoms with E-state index in [4.69, 9.17) is 11.6 Å². The Kier molecular flexibility index (Phi) is 3.88. The lowest BCUT2D eigenvalue weighted by molar-refractivity contribution is 0.0889. The molecule has 0 N–H and O–H groups in total. The van der Waals surface area contributed by atoms with Gasteiger partial charge in [0, 0.05) is 16.5 Å². The van der Waals surface area contributed by atoms with E-state index in [-0.39, 0.29) is 5.92 Å². The van der Waals surface area contributed by atoms with Crippen LogP contribution in [0.1, 0.15) is 53.6 Å². The van der Waals surface area contributed by atoms with Crippen LogP contribution < -0.4 is 0 Å². The summed E-state index contributed by atoms with van der Waals surface area (Å²) < 4.78 is 0. The Hall–Kier alpha value is -0.820. The van der Waals surface area contributed by atoms with Crippen molar-refractivity contribution in [2.24, 2.45) is 5.92 Å². The minimum absolute atomic E-state index is 0.223. The number of carbonyl (C=O) groups excluding carboxylic acids is 1. The minimum atomic E-state index is 0.223. The van der Waals surface area contributed by atoms with E-state index in [1.807, 2.05) is 26.0 Å². The van der Waals surface area contributed by atoms with E-state index in [9.17, 15) is 4.79 Å². The molecule has 1 aliphatic carbocycles. The van der Waals surface area contributed by atoms with Crippen molar-refractivity contribution in [2.45, 2.75) is 46.0 Å². The number of aryl methyl sites for hydroxylation is 2. The SMILES string of the molecule is Cc1cc(C)c(C(=O)C2CCCCC2)cc1Cl. The fourth-order valence-corrected chi connectivity index (χ4v) is 2.84. The van der Waals surface area contributed by atoms with Gasteiger partial charge in [-0.05, 0) is 43.9 Å². The van der Waals surface area contributed by atoms with Crippen LogP contribution in [-0.2, 0) is 0 Å². The zero-order valence-electron chi connectivity index (χ0n) is 10.6. The molecule has 2 heteroatoms. The van der Waals surface area contributed by atoms with Gasteiger partial charge in [0.25, 0.3) is 0 Å². The molecule has 0 heterocycles. The second-order valence-corrected chi connectivity index (χ2v) is 5.52. The molecule has 0 spiro atoms. The topological polar surface area (TPSA) is 17.1 Å². The number of hydrogen-bond acceptors (Lipinski definition) is 1.